The predicted octanol–water partition coefficient (Wildman–Crippen LogP) is 5.03. The summed E-state index contributed by atoms with van der Waals surface area (Å²) in [5.41, 5.74) is 0.169. The van der Waals surface area contributed by atoms with E-state index in [2.05, 4.69) is 28.2 Å². The third kappa shape index (κ3) is 4.13. The lowest BCUT2D eigenvalue weighted by Crippen LogP contribution is -2.46. The minimum atomic E-state index is -0.683. The Morgan fingerprint density at radius 2 is 2.15 bits per heavy atom. The second kappa shape index (κ2) is 7.89. The van der Waals surface area contributed by atoms with Gasteiger partial charge in [0.05, 0.1) is 12.1 Å². The fourth-order valence-electron chi connectivity index (χ4n) is 2.15. The first-order valence-electron chi connectivity index (χ1n) is 6.80. The van der Waals surface area contributed by atoms with E-state index in [1.54, 1.807) is 6.07 Å². The first-order chi connectivity index (χ1) is 9.49. The van der Waals surface area contributed by atoms with Crippen molar-refractivity contribution in [1.29, 1.82) is 0 Å². The van der Waals surface area contributed by atoms with Crippen molar-refractivity contribution < 1.29 is 9.53 Å². The third-order valence-corrected chi connectivity index (χ3v) is 4.65. The van der Waals surface area contributed by atoms with E-state index in [0.717, 1.165) is 29.4 Å². The lowest BCUT2D eigenvalue weighted by atomic mass is 9.89. The molecule has 1 N–H and O–H groups in total. The van der Waals surface area contributed by atoms with Gasteiger partial charge in [0.1, 0.15) is 5.54 Å². The number of hydrogen-bond donors (Lipinski definition) is 1. The minimum absolute atomic E-state index is 0.223. The van der Waals surface area contributed by atoms with Gasteiger partial charge in [-0.1, -0.05) is 38.3 Å². The molecule has 112 valence electrons. The van der Waals surface area contributed by atoms with Gasteiger partial charge in [0.25, 0.3) is 0 Å². The fourth-order valence-corrected chi connectivity index (χ4v) is 2.65. The topological polar surface area (TPSA) is 38.3 Å². The summed E-state index contributed by atoms with van der Waals surface area (Å²) in [5.74, 6) is -0.223. The molecule has 0 bridgehead atoms. The van der Waals surface area contributed by atoms with Crippen LogP contribution in [0.4, 0.5) is 5.69 Å². The molecular weight excluding hydrogens is 342 g/mol. The summed E-state index contributed by atoms with van der Waals surface area (Å²) >= 11 is 9.39. The molecule has 1 aromatic carbocycles. The Labute approximate surface area is 134 Å². The first kappa shape index (κ1) is 17.3. The van der Waals surface area contributed by atoms with Gasteiger partial charge in [0.15, 0.2) is 0 Å². The quantitative estimate of drug-likeness (QED) is 0.692. The van der Waals surface area contributed by atoms with Crippen molar-refractivity contribution >= 4 is 39.2 Å². The number of benzene rings is 1. The Hall–Kier alpha value is -0.740. The van der Waals surface area contributed by atoms with Crippen LogP contribution in [-0.4, -0.2) is 18.6 Å². The highest BCUT2D eigenvalue weighted by atomic mass is 79.9. The number of hydrogen-bond acceptors (Lipinski definition) is 3. The van der Waals surface area contributed by atoms with Gasteiger partial charge in [-0.25, -0.2) is 4.79 Å². The maximum Gasteiger partial charge on any atom is 0.331 e. The third-order valence-electron chi connectivity index (χ3n) is 3.44. The molecule has 5 heteroatoms. The first-order valence-corrected chi connectivity index (χ1v) is 7.97. The zero-order chi connectivity index (χ0) is 15.2. The predicted molar refractivity (Wildman–Crippen MR) is 87.3 cm³/mol. The van der Waals surface area contributed by atoms with E-state index in [1.165, 1.54) is 7.11 Å². The van der Waals surface area contributed by atoms with E-state index in [9.17, 15) is 4.79 Å². The molecule has 0 aliphatic rings. The van der Waals surface area contributed by atoms with E-state index < -0.39 is 5.54 Å². The van der Waals surface area contributed by atoms with Crippen LogP contribution in [0, 0.1) is 0 Å². The molecule has 1 aromatic rings. The van der Waals surface area contributed by atoms with Crippen LogP contribution in [0.5, 0.6) is 0 Å². The molecule has 0 heterocycles. The number of carbonyl (C=O) groups excluding carboxylic acids is 1. The lowest BCUT2D eigenvalue weighted by molar-refractivity contribution is -0.146. The lowest BCUT2D eigenvalue weighted by Gasteiger charge is -2.32. The SMILES string of the molecule is CCCCC(CC)(Nc1ccc(Cl)c(Br)c1)C(=O)OC. The van der Waals surface area contributed by atoms with Gasteiger partial charge in [-0.3, -0.25) is 0 Å². The van der Waals surface area contributed by atoms with Crippen molar-refractivity contribution in [2.75, 3.05) is 12.4 Å². The van der Waals surface area contributed by atoms with E-state index >= 15 is 0 Å². The second-order valence-corrected chi connectivity index (χ2v) is 6.05. The van der Waals surface area contributed by atoms with Crippen LogP contribution in [0.25, 0.3) is 0 Å². The summed E-state index contributed by atoms with van der Waals surface area (Å²) in [7, 11) is 1.43. The molecule has 0 aliphatic heterocycles. The van der Waals surface area contributed by atoms with Gasteiger partial charge in [-0.15, -0.1) is 0 Å². The van der Waals surface area contributed by atoms with Crippen molar-refractivity contribution in [3.63, 3.8) is 0 Å². The van der Waals surface area contributed by atoms with Gasteiger partial charge < -0.3 is 10.1 Å². The summed E-state index contributed by atoms with van der Waals surface area (Å²) in [5, 5.41) is 3.98. The number of unbranched alkanes of at least 4 members (excludes halogenated alkanes) is 1. The standard InChI is InChI=1S/C15H21BrClNO2/c1-4-6-9-15(5-2,14(19)20-3)18-11-7-8-13(17)12(16)10-11/h7-8,10,18H,4-6,9H2,1-3H3. The molecule has 0 radical (unpaired) electrons. The maximum atomic E-state index is 12.2. The molecular formula is C15H21BrClNO2. The van der Waals surface area contributed by atoms with Crippen LogP contribution in [0.3, 0.4) is 0 Å². The fraction of sp³-hybridized carbons (Fsp3) is 0.533. The van der Waals surface area contributed by atoms with E-state index in [1.807, 2.05) is 19.1 Å². The molecule has 1 unspecified atom stereocenters. The zero-order valence-electron chi connectivity index (χ0n) is 12.1. The molecule has 0 saturated carbocycles. The van der Waals surface area contributed by atoms with Crippen LogP contribution in [-0.2, 0) is 9.53 Å². The average Bonchev–Trinajstić information content (AvgIpc) is 2.46. The van der Waals surface area contributed by atoms with Crippen LogP contribution < -0.4 is 5.32 Å². The molecule has 0 aliphatic carbocycles. The van der Waals surface area contributed by atoms with Crippen molar-refractivity contribution in [2.45, 2.75) is 45.1 Å². The Kier molecular flexibility index (Phi) is 6.83. The number of nitrogens with one attached hydrogen (secondary N) is 1. The van der Waals surface area contributed by atoms with Crippen LogP contribution >= 0.6 is 27.5 Å². The summed E-state index contributed by atoms with van der Waals surface area (Å²) in [6, 6.07) is 5.54. The van der Waals surface area contributed by atoms with Crippen LogP contribution in [0.15, 0.2) is 22.7 Å². The van der Waals surface area contributed by atoms with Gasteiger partial charge >= 0.3 is 5.97 Å². The number of anilines is 1. The minimum Gasteiger partial charge on any atom is -0.467 e. The maximum absolute atomic E-state index is 12.2. The largest absolute Gasteiger partial charge is 0.467 e. The summed E-state index contributed by atoms with van der Waals surface area (Å²) < 4.78 is 5.79. The molecule has 1 rings (SSSR count). The molecule has 20 heavy (non-hydrogen) atoms. The van der Waals surface area contributed by atoms with Gasteiger partial charge in [-0.05, 0) is 47.0 Å². The molecule has 0 spiro atoms. The number of methoxy groups -OCH3 is 1. The monoisotopic (exact) mass is 361 g/mol. The summed E-state index contributed by atoms with van der Waals surface area (Å²) in [6.07, 6.45) is 3.41. The smallest absolute Gasteiger partial charge is 0.331 e. The second-order valence-electron chi connectivity index (χ2n) is 4.78. The molecule has 0 amide bonds. The van der Waals surface area contributed by atoms with Gasteiger partial charge in [0, 0.05) is 10.2 Å². The summed E-state index contributed by atoms with van der Waals surface area (Å²) in [6.45, 7) is 4.10. The van der Waals surface area contributed by atoms with Gasteiger partial charge in [0.2, 0.25) is 0 Å². The Balaban J connectivity index is 3.03. The highest BCUT2D eigenvalue weighted by molar-refractivity contribution is 9.10. The normalized spacial score (nSPS) is 13.7. The van der Waals surface area contributed by atoms with Crippen molar-refractivity contribution in [2.24, 2.45) is 0 Å². The Morgan fingerprint density at radius 1 is 1.45 bits per heavy atom. The Morgan fingerprint density at radius 3 is 2.65 bits per heavy atom. The van der Waals surface area contributed by atoms with E-state index in [4.69, 9.17) is 16.3 Å². The molecule has 3 nitrogen and oxygen atoms in total. The van der Waals surface area contributed by atoms with Crippen LogP contribution in [0.1, 0.15) is 39.5 Å². The van der Waals surface area contributed by atoms with Crippen molar-refractivity contribution in [1.82, 2.24) is 0 Å². The number of ether oxygens (including phenoxy) is 1. The van der Waals surface area contributed by atoms with Crippen LogP contribution in [0.2, 0.25) is 5.02 Å². The summed E-state index contributed by atoms with van der Waals surface area (Å²) in [4.78, 5) is 12.2. The molecule has 0 aromatic heterocycles. The number of rotatable bonds is 7. The van der Waals surface area contributed by atoms with Gasteiger partial charge in [-0.2, -0.15) is 0 Å². The van der Waals surface area contributed by atoms with E-state index in [0.29, 0.717) is 11.4 Å². The molecule has 0 saturated heterocycles. The van der Waals surface area contributed by atoms with Crippen molar-refractivity contribution in [3.05, 3.63) is 27.7 Å². The molecule has 1 atom stereocenters. The average molecular weight is 363 g/mol. The number of esters is 1. The Bertz CT molecular complexity index is 467. The number of halogens is 2. The highest BCUT2D eigenvalue weighted by Gasteiger charge is 2.37. The molecule has 0 fully saturated rings. The number of carbonyl (C=O) groups is 1. The highest BCUT2D eigenvalue weighted by Crippen LogP contribution is 2.30. The zero-order valence-corrected chi connectivity index (χ0v) is 14.5. The van der Waals surface area contributed by atoms with Crippen molar-refractivity contribution in [3.8, 4) is 0 Å². The van der Waals surface area contributed by atoms with E-state index in [-0.39, 0.29) is 5.97 Å².